The van der Waals surface area contributed by atoms with Gasteiger partial charge in [-0.1, -0.05) is 28.1 Å². The van der Waals surface area contributed by atoms with Gasteiger partial charge in [-0.2, -0.15) is 5.26 Å². The van der Waals surface area contributed by atoms with Crippen LogP contribution in [0.3, 0.4) is 0 Å². The van der Waals surface area contributed by atoms with Crippen molar-refractivity contribution in [2.75, 3.05) is 0 Å². The molecule has 0 N–H and O–H groups in total. The number of fused-ring (bicyclic) bond motifs is 1. The van der Waals surface area contributed by atoms with Crippen LogP contribution in [0.1, 0.15) is 11.1 Å². The van der Waals surface area contributed by atoms with E-state index < -0.39 is 0 Å². The third-order valence-corrected chi connectivity index (χ3v) is 3.72. The summed E-state index contributed by atoms with van der Waals surface area (Å²) in [5, 5.41) is 10.1. The fourth-order valence-electron chi connectivity index (χ4n) is 2.28. The lowest BCUT2D eigenvalue weighted by atomic mass is 10.2. The molecule has 98 valence electrons. The average Bonchev–Trinajstić information content (AvgIpc) is 2.78. The highest BCUT2D eigenvalue weighted by Gasteiger charge is 2.09. The second-order valence-corrected chi connectivity index (χ2v) is 5.49. The van der Waals surface area contributed by atoms with Crippen LogP contribution >= 0.6 is 15.9 Å². The van der Waals surface area contributed by atoms with Crippen molar-refractivity contribution in [3.8, 4) is 6.07 Å². The number of hydrogen-bond donors (Lipinski definition) is 0. The lowest BCUT2D eigenvalue weighted by molar-refractivity contribution is 0.626. The van der Waals surface area contributed by atoms with Gasteiger partial charge in [0.15, 0.2) is 0 Å². The Hall–Kier alpha value is -2.12. The Kier molecular flexibility index (Phi) is 3.29. The van der Waals surface area contributed by atoms with Crippen LogP contribution in [-0.2, 0) is 6.54 Å². The molecule has 0 radical (unpaired) electrons. The van der Waals surface area contributed by atoms with E-state index >= 15 is 0 Å². The fraction of sp³-hybridized carbons (Fsp3) is 0.0625. The van der Waals surface area contributed by atoms with Crippen molar-refractivity contribution in [1.82, 2.24) is 4.57 Å². The molecule has 3 rings (SSSR count). The quantitative estimate of drug-likeness (QED) is 0.682. The van der Waals surface area contributed by atoms with Gasteiger partial charge in [-0.25, -0.2) is 4.39 Å². The average molecular weight is 329 g/mol. The number of aromatic nitrogens is 1. The van der Waals surface area contributed by atoms with Gasteiger partial charge in [0.2, 0.25) is 0 Å². The van der Waals surface area contributed by atoms with Gasteiger partial charge in [0.1, 0.15) is 11.9 Å². The molecule has 0 aliphatic rings. The number of nitriles is 1. The molecule has 0 aliphatic heterocycles. The van der Waals surface area contributed by atoms with E-state index in [2.05, 4.69) is 22.0 Å². The molecule has 3 aromatic rings. The van der Waals surface area contributed by atoms with E-state index in [4.69, 9.17) is 0 Å². The number of nitrogens with zero attached hydrogens (tertiary/aromatic N) is 2. The number of benzene rings is 2. The zero-order valence-corrected chi connectivity index (χ0v) is 12.1. The van der Waals surface area contributed by atoms with Crippen molar-refractivity contribution in [2.45, 2.75) is 6.54 Å². The molecule has 0 aliphatic carbocycles. The number of rotatable bonds is 2. The topological polar surface area (TPSA) is 28.7 Å². The first kappa shape index (κ1) is 12.9. The zero-order valence-electron chi connectivity index (χ0n) is 10.5. The van der Waals surface area contributed by atoms with Crippen molar-refractivity contribution >= 4 is 26.8 Å². The Morgan fingerprint density at radius 1 is 1.15 bits per heavy atom. The summed E-state index contributed by atoms with van der Waals surface area (Å²) >= 11 is 3.42. The molecule has 20 heavy (non-hydrogen) atoms. The highest BCUT2D eigenvalue weighted by molar-refractivity contribution is 9.10. The van der Waals surface area contributed by atoms with Crippen LogP contribution in [0.15, 0.2) is 53.1 Å². The van der Waals surface area contributed by atoms with Gasteiger partial charge < -0.3 is 4.57 Å². The second-order valence-electron chi connectivity index (χ2n) is 4.57. The van der Waals surface area contributed by atoms with E-state index in [-0.39, 0.29) is 5.82 Å². The minimum Gasteiger partial charge on any atom is -0.342 e. The smallest absolute Gasteiger partial charge is 0.123 e. The van der Waals surface area contributed by atoms with E-state index in [0.717, 1.165) is 20.9 Å². The molecule has 0 atom stereocenters. The summed E-state index contributed by atoms with van der Waals surface area (Å²) in [5.74, 6) is -0.243. The van der Waals surface area contributed by atoms with Gasteiger partial charge >= 0.3 is 0 Å². The Morgan fingerprint density at radius 3 is 2.60 bits per heavy atom. The monoisotopic (exact) mass is 328 g/mol. The van der Waals surface area contributed by atoms with E-state index in [1.807, 2.05) is 29.0 Å². The maximum Gasteiger partial charge on any atom is 0.123 e. The Balaban J connectivity index is 2.08. The third-order valence-electron chi connectivity index (χ3n) is 3.23. The standard InChI is InChI=1S/C16H10BrFN2/c17-13-3-6-16-15(7-13)12(8-19)10-20(16)9-11-1-4-14(18)5-2-11/h1-7,10H,9H2. The van der Waals surface area contributed by atoms with Crippen molar-refractivity contribution in [2.24, 2.45) is 0 Å². The highest BCUT2D eigenvalue weighted by atomic mass is 79.9. The highest BCUT2D eigenvalue weighted by Crippen LogP contribution is 2.25. The molecule has 0 saturated heterocycles. The predicted molar refractivity (Wildman–Crippen MR) is 79.9 cm³/mol. The molecule has 2 nitrogen and oxygen atoms in total. The van der Waals surface area contributed by atoms with Gasteiger partial charge in [-0.3, -0.25) is 0 Å². The van der Waals surface area contributed by atoms with Crippen LogP contribution in [0.4, 0.5) is 4.39 Å². The minimum atomic E-state index is -0.243. The van der Waals surface area contributed by atoms with Gasteiger partial charge in [0.05, 0.1) is 5.56 Å². The fourth-order valence-corrected chi connectivity index (χ4v) is 2.64. The Morgan fingerprint density at radius 2 is 1.90 bits per heavy atom. The maximum absolute atomic E-state index is 12.9. The summed E-state index contributed by atoms with van der Waals surface area (Å²) in [7, 11) is 0. The molecular weight excluding hydrogens is 319 g/mol. The van der Waals surface area contributed by atoms with Gasteiger partial charge in [-0.15, -0.1) is 0 Å². The van der Waals surface area contributed by atoms with Gasteiger partial charge in [0, 0.05) is 28.1 Å². The first-order valence-electron chi connectivity index (χ1n) is 6.10. The summed E-state index contributed by atoms with van der Waals surface area (Å²) in [4.78, 5) is 0. The van der Waals surface area contributed by atoms with Crippen LogP contribution in [0.25, 0.3) is 10.9 Å². The predicted octanol–water partition coefficient (Wildman–Crippen LogP) is 4.46. The third kappa shape index (κ3) is 2.33. The van der Waals surface area contributed by atoms with E-state index in [9.17, 15) is 9.65 Å². The lowest BCUT2D eigenvalue weighted by Gasteiger charge is -2.05. The van der Waals surface area contributed by atoms with Crippen molar-refractivity contribution in [1.29, 1.82) is 5.26 Å². The number of halogens is 2. The van der Waals surface area contributed by atoms with E-state index in [1.54, 1.807) is 12.1 Å². The lowest BCUT2D eigenvalue weighted by Crippen LogP contribution is -1.97. The molecule has 0 spiro atoms. The van der Waals surface area contributed by atoms with E-state index in [1.165, 1.54) is 12.1 Å². The van der Waals surface area contributed by atoms with Crippen LogP contribution in [-0.4, -0.2) is 4.57 Å². The largest absolute Gasteiger partial charge is 0.342 e. The van der Waals surface area contributed by atoms with Crippen LogP contribution < -0.4 is 0 Å². The second kappa shape index (κ2) is 5.10. The molecule has 2 aromatic carbocycles. The molecular formula is C16H10BrFN2. The van der Waals surface area contributed by atoms with Crippen molar-refractivity contribution in [3.63, 3.8) is 0 Å². The van der Waals surface area contributed by atoms with Gasteiger partial charge in [0.25, 0.3) is 0 Å². The Bertz CT molecular complexity index is 813. The first-order valence-corrected chi connectivity index (χ1v) is 6.89. The molecule has 0 fully saturated rings. The summed E-state index contributed by atoms with van der Waals surface area (Å²) in [5.41, 5.74) is 2.63. The van der Waals surface area contributed by atoms with Crippen LogP contribution in [0.5, 0.6) is 0 Å². The van der Waals surface area contributed by atoms with Crippen LogP contribution in [0.2, 0.25) is 0 Å². The molecule has 0 bridgehead atoms. The normalized spacial score (nSPS) is 10.7. The Labute approximate surface area is 124 Å². The SMILES string of the molecule is N#Cc1cn(Cc2ccc(F)cc2)c2ccc(Br)cc12. The molecule has 0 saturated carbocycles. The summed E-state index contributed by atoms with van der Waals surface area (Å²) in [6, 6.07) is 14.5. The van der Waals surface area contributed by atoms with Gasteiger partial charge in [-0.05, 0) is 35.9 Å². The van der Waals surface area contributed by atoms with Crippen molar-refractivity contribution in [3.05, 3.63) is 70.1 Å². The van der Waals surface area contributed by atoms with E-state index in [0.29, 0.717) is 12.1 Å². The van der Waals surface area contributed by atoms with Crippen molar-refractivity contribution < 1.29 is 4.39 Å². The minimum absolute atomic E-state index is 0.243. The molecule has 4 heteroatoms. The molecule has 1 aromatic heterocycles. The number of hydrogen-bond acceptors (Lipinski definition) is 1. The summed E-state index contributed by atoms with van der Waals surface area (Å²) in [6.07, 6.45) is 1.83. The molecule has 0 amide bonds. The summed E-state index contributed by atoms with van der Waals surface area (Å²) < 4.78 is 15.9. The maximum atomic E-state index is 12.9. The molecule has 1 heterocycles. The first-order chi connectivity index (χ1) is 9.67. The summed E-state index contributed by atoms with van der Waals surface area (Å²) in [6.45, 7) is 0.611. The van der Waals surface area contributed by atoms with Crippen LogP contribution in [0, 0.1) is 17.1 Å². The molecule has 0 unspecified atom stereocenters. The zero-order chi connectivity index (χ0) is 14.1.